The number of aryl methyl sites for hydroxylation is 1. The van der Waals surface area contributed by atoms with Crippen molar-refractivity contribution in [2.45, 2.75) is 32.2 Å². The van der Waals surface area contributed by atoms with Gasteiger partial charge in [0.25, 0.3) is 0 Å². The number of anilines is 3. The van der Waals surface area contributed by atoms with Gasteiger partial charge in [-0.2, -0.15) is 28.1 Å². The summed E-state index contributed by atoms with van der Waals surface area (Å²) in [5.74, 6) is 0.896. The summed E-state index contributed by atoms with van der Waals surface area (Å²) in [6.07, 6.45) is 3.46. The number of alkyl halides is 3. The van der Waals surface area contributed by atoms with Crippen molar-refractivity contribution >= 4 is 17.8 Å². The third-order valence-electron chi connectivity index (χ3n) is 4.93. The van der Waals surface area contributed by atoms with Crippen molar-refractivity contribution in [2.75, 3.05) is 22.5 Å². The Kier molecular flexibility index (Phi) is 7.70. The zero-order chi connectivity index (χ0) is 24.5. The molecule has 0 spiro atoms. The highest BCUT2D eigenvalue weighted by molar-refractivity contribution is 5.43. The minimum absolute atomic E-state index is 0.119. The highest BCUT2D eigenvalue weighted by Crippen LogP contribution is 2.29. The van der Waals surface area contributed by atoms with Gasteiger partial charge >= 0.3 is 6.18 Å². The maximum absolute atomic E-state index is 13.0. The molecule has 0 radical (unpaired) electrons. The summed E-state index contributed by atoms with van der Waals surface area (Å²) < 4.78 is 41.0. The van der Waals surface area contributed by atoms with E-state index in [0.717, 1.165) is 30.8 Å². The molecule has 3 heterocycles. The highest BCUT2D eigenvalue weighted by atomic mass is 19.4. The second-order valence-corrected chi connectivity index (χ2v) is 7.61. The van der Waals surface area contributed by atoms with E-state index in [1.807, 2.05) is 29.0 Å². The van der Waals surface area contributed by atoms with Crippen molar-refractivity contribution in [1.29, 1.82) is 0 Å². The highest BCUT2D eigenvalue weighted by Gasteiger charge is 2.30. The molecular weight excluding hydrogens is 459 g/mol. The average Bonchev–Trinajstić information content (AvgIpc) is 3.38. The SMILES string of the molecule is FC(F)(F)c1cccc(CNc2nc(NCCCn3ccnc3)nc(NCc3ccccn3)n2)c1. The summed E-state index contributed by atoms with van der Waals surface area (Å²) in [6.45, 7) is 1.91. The van der Waals surface area contributed by atoms with E-state index < -0.39 is 11.7 Å². The average molecular weight is 484 g/mol. The molecule has 35 heavy (non-hydrogen) atoms. The lowest BCUT2D eigenvalue weighted by Gasteiger charge is -2.12. The number of pyridine rings is 1. The Hall–Kier alpha value is -4.22. The molecule has 1 aromatic carbocycles. The molecule has 182 valence electrons. The Morgan fingerprint density at radius 2 is 1.60 bits per heavy atom. The van der Waals surface area contributed by atoms with E-state index in [-0.39, 0.29) is 12.5 Å². The molecule has 0 aliphatic heterocycles. The van der Waals surface area contributed by atoms with Crippen LogP contribution in [0.3, 0.4) is 0 Å². The molecule has 0 saturated carbocycles. The van der Waals surface area contributed by atoms with Crippen molar-refractivity contribution in [3.63, 3.8) is 0 Å². The van der Waals surface area contributed by atoms with Crippen LogP contribution in [0.15, 0.2) is 67.4 Å². The zero-order valence-electron chi connectivity index (χ0n) is 18.7. The predicted molar refractivity (Wildman–Crippen MR) is 125 cm³/mol. The van der Waals surface area contributed by atoms with E-state index >= 15 is 0 Å². The Labute approximate surface area is 199 Å². The number of benzene rings is 1. The minimum Gasteiger partial charge on any atom is -0.354 e. The first-order chi connectivity index (χ1) is 17.0. The van der Waals surface area contributed by atoms with Crippen LogP contribution in [0.4, 0.5) is 31.0 Å². The van der Waals surface area contributed by atoms with Gasteiger partial charge in [0.2, 0.25) is 17.8 Å². The van der Waals surface area contributed by atoms with E-state index in [2.05, 4.69) is 40.9 Å². The van der Waals surface area contributed by atoms with Crippen LogP contribution in [-0.4, -0.2) is 36.0 Å². The number of nitrogens with zero attached hydrogens (tertiary/aromatic N) is 6. The van der Waals surface area contributed by atoms with Crippen LogP contribution >= 0.6 is 0 Å². The van der Waals surface area contributed by atoms with Crippen molar-refractivity contribution < 1.29 is 13.2 Å². The van der Waals surface area contributed by atoms with Crippen LogP contribution < -0.4 is 16.0 Å². The number of hydrogen-bond acceptors (Lipinski definition) is 8. The maximum Gasteiger partial charge on any atom is 0.416 e. The Balaban J connectivity index is 1.43. The van der Waals surface area contributed by atoms with Crippen LogP contribution in [0.2, 0.25) is 0 Å². The number of halogens is 3. The smallest absolute Gasteiger partial charge is 0.354 e. The summed E-state index contributed by atoms with van der Waals surface area (Å²) in [5, 5.41) is 9.28. The zero-order valence-corrected chi connectivity index (χ0v) is 18.7. The maximum atomic E-state index is 13.0. The Bertz CT molecular complexity index is 1200. The fourth-order valence-electron chi connectivity index (χ4n) is 3.20. The van der Waals surface area contributed by atoms with Gasteiger partial charge in [0.1, 0.15) is 0 Å². The first-order valence-corrected chi connectivity index (χ1v) is 11.0. The topological polar surface area (TPSA) is 105 Å². The molecule has 0 bridgehead atoms. The van der Waals surface area contributed by atoms with E-state index in [1.54, 1.807) is 24.8 Å². The van der Waals surface area contributed by atoms with Crippen LogP contribution in [0.25, 0.3) is 0 Å². The monoisotopic (exact) mass is 483 g/mol. The van der Waals surface area contributed by atoms with Crippen LogP contribution in [0.5, 0.6) is 0 Å². The first kappa shape index (κ1) is 23.9. The number of rotatable bonds is 11. The van der Waals surface area contributed by atoms with E-state index in [9.17, 15) is 13.2 Å². The normalized spacial score (nSPS) is 11.3. The second kappa shape index (κ2) is 11.3. The second-order valence-electron chi connectivity index (χ2n) is 7.61. The molecule has 0 atom stereocenters. The van der Waals surface area contributed by atoms with Crippen molar-refractivity contribution in [2.24, 2.45) is 0 Å². The van der Waals surface area contributed by atoms with Gasteiger partial charge in [-0.25, -0.2) is 4.98 Å². The molecule has 0 fully saturated rings. The minimum atomic E-state index is -4.40. The molecular formula is C23H24F3N9. The van der Waals surface area contributed by atoms with Gasteiger partial charge in [0.15, 0.2) is 0 Å². The molecule has 3 N–H and O–H groups in total. The molecule has 4 rings (SSSR count). The van der Waals surface area contributed by atoms with Gasteiger partial charge in [0.05, 0.1) is 24.1 Å². The number of aromatic nitrogens is 6. The molecule has 0 unspecified atom stereocenters. The van der Waals surface area contributed by atoms with Gasteiger partial charge in [-0.1, -0.05) is 18.2 Å². The van der Waals surface area contributed by atoms with Gasteiger partial charge < -0.3 is 20.5 Å². The van der Waals surface area contributed by atoms with Crippen molar-refractivity contribution in [3.05, 3.63) is 84.2 Å². The fourth-order valence-corrected chi connectivity index (χ4v) is 3.20. The lowest BCUT2D eigenvalue weighted by atomic mass is 10.1. The molecule has 4 aromatic rings. The van der Waals surface area contributed by atoms with Crippen LogP contribution in [0, 0.1) is 0 Å². The number of nitrogens with one attached hydrogen (secondary N) is 3. The third kappa shape index (κ3) is 7.39. The Morgan fingerprint density at radius 3 is 2.29 bits per heavy atom. The molecule has 3 aromatic heterocycles. The van der Waals surface area contributed by atoms with Crippen molar-refractivity contribution in [1.82, 2.24) is 29.5 Å². The van der Waals surface area contributed by atoms with Crippen molar-refractivity contribution in [3.8, 4) is 0 Å². The summed E-state index contributed by atoms with van der Waals surface area (Å²) in [5.41, 5.74) is 0.560. The van der Waals surface area contributed by atoms with E-state index in [0.29, 0.717) is 30.5 Å². The lowest BCUT2D eigenvalue weighted by molar-refractivity contribution is -0.137. The molecule has 0 saturated heterocycles. The van der Waals surface area contributed by atoms with E-state index in [4.69, 9.17) is 0 Å². The molecule has 0 amide bonds. The van der Waals surface area contributed by atoms with Crippen LogP contribution in [-0.2, 0) is 25.8 Å². The fraction of sp³-hybridized carbons (Fsp3) is 0.261. The van der Waals surface area contributed by atoms with Gasteiger partial charge in [-0.3, -0.25) is 4.98 Å². The molecule has 0 aliphatic rings. The largest absolute Gasteiger partial charge is 0.416 e. The quantitative estimate of drug-likeness (QED) is 0.273. The standard InChI is InChI=1S/C23H24F3N9/c24-23(25,26)18-6-3-5-17(13-18)14-30-21-32-20(29-9-4-11-35-12-10-27-16-35)33-22(34-21)31-15-19-7-1-2-8-28-19/h1-3,5-8,10,12-13,16H,4,9,11,14-15H2,(H3,29,30,31,32,33,34). The summed E-state index contributed by atoms with van der Waals surface area (Å²) in [7, 11) is 0. The predicted octanol–water partition coefficient (Wildman–Crippen LogP) is 4.21. The van der Waals surface area contributed by atoms with Gasteiger partial charge in [0, 0.05) is 38.2 Å². The summed E-state index contributed by atoms with van der Waals surface area (Å²) >= 11 is 0. The van der Waals surface area contributed by atoms with Gasteiger partial charge in [-0.05, 0) is 36.2 Å². The number of hydrogen-bond donors (Lipinski definition) is 3. The molecule has 0 aliphatic carbocycles. The molecule has 12 heteroatoms. The first-order valence-electron chi connectivity index (χ1n) is 11.0. The Morgan fingerprint density at radius 1 is 0.829 bits per heavy atom. The van der Waals surface area contributed by atoms with Crippen LogP contribution in [0.1, 0.15) is 23.2 Å². The lowest BCUT2D eigenvalue weighted by Crippen LogP contribution is -2.14. The number of imidazole rings is 1. The van der Waals surface area contributed by atoms with E-state index in [1.165, 1.54) is 6.07 Å². The van der Waals surface area contributed by atoms with Gasteiger partial charge in [-0.15, -0.1) is 0 Å². The summed E-state index contributed by atoms with van der Waals surface area (Å²) in [4.78, 5) is 21.4. The summed E-state index contributed by atoms with van der Waals surface area (Å²) in [6, 6.07) is 10.7. The third-order valence-corrected chi connectivity index (χ3v) is 4.93. The molecule has 9 nitrogen and oxygen atoms in total.